The van der Waals surface area contributed by atoms with Crippen molar-refractivity contribution in [3.05, 3.63) is 52.7 Å². The first-order valence-corrected chi connectivity index (χ1v) is 5.94. The minimum Gasteiger partial charge on any atom is -0.444 e. The van der Waals surface area contributed by atoms with Crippen molar-refractivity contribution in [3.8, 4) is 0 Å². The van der Waals surface area contributed by atoms with Gasteiger partial charge in [0.15, 0.2) is 0 Å². The van der Waals surface area contributed by atoms with Crippen LogP contribution in [0.3, 0.4) is 0 Å². The number of nitrogens with one attached hydrogen (secondary N) is 1. The normalized spacial score (nSPS) is 10.3. The summed E-state index contributed by atoms with van der Waals surface area (Å²) in [6, 6.07) is 7.19. The molecule has 2 rings (SSSR count). The molecule has 1 aromatic carbocycles. The Morgan fingerprint density at radius 1 is 1.39 bits per heavy atom. The van der Waals surface area contributed by atoms with Crippen LogP contribution in [0.1, 0.15) is 17.2 Å². The van der Waals surface area contributed by atoms with Crippen LogP contribution in [0.2, 0.25) is 5.02 Å². The van der Waals surface area contributed by atoms with E-state index in [0.717, 1.165) is 11.3 Å². The summed E-state index contributed by atoms with van der Waals surface area (Å²) in [5, 5.41) is 3.41. The van der Waals surface area contributed by atoms with Gasteiger partial charge in [0, 0.05) is 5.02 Å². The molecule has 1 N–H and O–H groups in total. The van der Waals surface area contributed by atoms with Crippen LogP contribution in [-0.2, 0) is 17.8 Å². The predicted octanol–water partition coefficient (Wildman–Crippen LogP) is 2.50. The smallest absolute Gasteiger partial charge is 0.224 e. The van der Waals surface area contributed by atoms with Crippen molar-refractivity contribution in [2.45, 2.75) is 19.9 Å². The fourth-order valence-electron chi connectivity index (χ4n) is 1.51. The zero-order valence-electron chi connectivity index (χ0n) is 9.94. The second kappa shape index (κ2) is 5.69. The van der Waals surface area contributed by atoms with Crippen LogP contribution in [0.5, 0.6) is 0 Å². The van der Waals surface area contributed by atoms with Crippen molar-refractivity contribution in [2.75, 3.05) is 0 Å². The second-order valence-electron chi connectivity index (χ2n) is 3.94. The molecule has 0 aliphatic heterocycles. The third kappa shape index (κ3) is 3.60. The average molecular weight is 265 g/mol. The van der Waals surface area contributed by atoms with Crippen LogP contribution in [0.15, 0.2) is 34.9 Å². The summed E-state index contributed by atoms with van der Waals surface area (Å²) >= 11 is 5.77. The molecule has 1 amide bonds. The number of rotatable bonds is 4. The average Bonchev–Trinajstić information content (AvgIpc) is 2.76. The number of hydrogen-bond donors (Lipinski definition) is 1. The summed E-state index contributed by atoms with van der Waals surface area (Å²) in [6.45, 7) is 2.12. The number of oxazole rings is 1. The van der Waals surface area contributed by atoms with Gasteiger partial charge in [-0.25, -0.2) is 4.98 Å². The minimum atomic E-state index is -0.0758. The molecule has 94 valence electrons. The first-order valence-electron chi connectivity index (χ1n) is 5.56. The Kier molecular flexibility index (Phi) is 3.99. The Morgan fingerprint density at radius 2 is 2.11 bits per heavy atom. The van der Waals surface area contributed by atoms with Crippen molar-refractivity contribution >= 4 is 17.5 Å². The molecule has 0 atom stereocenters. The van der Waals surface area contributed by atoms with Gasteiger partial charge in [0.1, 0.15) is 5.76 Å². The summed E-state index contributed by atoms with van der Waals surface area (Å²) in [5.41, 5.74) is 0.917. The van der Waals surface area contributed by atoms with E-state index >= 15 is 0 Å². The van der Waals surface area contributed by atoms with Crippen LogP contribution in [-0.4, -0.2) is 10.9 Å². The Balaban J connectivity index is 1.83. The second-order valence-corrected chi connectivity index (χ2v) is 4.38. The highest BCUT2D eigenvalue weighted by Gasteiger charge is 2.05. The maximum absolute atomic E-state index is 11.7. The molecule has 0 spiro atoms. The molecule has 0 saturated heterocycles. The lowest BCUT2D eigenvalue weighted by atomic mass is 10.1. The highest BCUT2D eigenvalue weighted by atomic mass is 35.5. The Morgan fingerprint density at radius 3 is 2.72 bits per heavy atom. The zero-order chi connectivity index (χ0) is 13.0. The molecule has 5 heteroatoms. The predicted molar refractivity (Wildman–Crippen MR) is 68.2 cm³/mol. The molecule has 2 aromatic rings. The number of benzene rings is 1. The van der Waals surface area contributed by atoms with Gasteiger partial charge in [-0.15, -0.1) is 0 Å². The number of halogens is 1. The molecular formula is C13H13ClN2O2. The van der Waals surface area contributed by atoms with Crippen LogP contribution >= 0.6 is 11.6 Å². The van der Waals surface area contributed by atoms with E-state index < -0.39 is 0 Å². The summed E-state index contributed by atoms with van der Waals surface area (Å²) in [7, 11) is 0. The number of carbonyl (C=O) groups is 1. The number of carbonyl (C=O) groups excluding carboxylic acids is 1. The van der Waals surface area contributed by atoms with Gasteiger partial charge in [-0.2, -0.15) is 0 Å². The maximum Gasteiger partial charge on any atom is 0.224 e. The summed E-state index contributed by atoms with van der Waals surface area (Å²) in [6.07, 6.45) is 1.94. The van der Waals surface area contributed by atoms with Gasteiger partial charge < -0.3 is 9.73 Å². The number of aromatic nitrogens is 1. The quantitative estimate of drug-likeness (QED) is 0.923. The topological polar surface area (TPSA) is 55.1 Å². The van der Waals surface area contributed by atoms with Crippen molar-refractivity contribution in [1.82, 2.24) is 10.3 Å². The standard InChI is InChI=1S/C13H13ClN2O2/c1-9-7-16-13(18-9)8-15-12(17)6-10-2-4-11(14)5-3-10/h2-5,7H,6,8H2,1H3,(H,15,17). The molecule has 1 aromatic heterocycles. The highest BCUT2D eigenvalue weighted by molar-refractivity contribution is 6.30. The third-order valence-corrected chi connectivity index (χ3v) is 2.64. The molecule has 4 nitrogen and oxygen atoms in total. The Labute approximate surface area is 110 Å². The van der Waals surface area contributed by atoms with E-state index in [-0.39, 0.29) is 5.91 Å². The molecule has 0 aliphatic rings. The summed E-state index contributed by atoms with van der Waals surface area (Å²) in [4.78, 5) is 15.7. The molecule has 0 fully saturated rings. The lowest BCUT2D eigenvalue weighted by Gasteiger charge is -2.03. The molecular weight excluding hydrogens is 252 g/mol. The SMILES string of the molecule is Cc1cnc(CNC(=O)Cc2ccc(Cl)cc2)o1. The monoisotopic (exact) mass is 264 g/mol. The van der Waals surface area contributed by atoms with Gasteiger partial charge in [-0.05, 0) is 24.6 Å². The fourth-order valence-corrected chi connectivity index (χ4v) is 1.63. The van der Waals surface area contributed by atoms with E-state index in [2.05, 4.69) is 10.3 Å². The fraction of sp³-hybridized carbons (Fsp3) is 0.231. The molecule has 0 saturated carbocycles. The number of hydrogen-bond acceptors (Lipinski definition) is 3. The van der Waals surface area contributed by atoms with E-state index in [0.29, 0.717) is 23.9 Å². The van der Waals surface area contributed by atoms with E-state index in [1.807, 2.05) is 19.1 Å². The molecule has 0 aliphatic carbocycles. The van der Waals surface area contributed by atoms with E-state index in [1.165, 1.54) is 0 Å². The highest BCUT2D eigenvalue weighted by Crippen LogP contribution is 2.10. The van der Waals surface area contributed by atoms with Crippen molar-refractivity contribution in [3.63, 3.8) is 0 Å². The van der Waals surface area contributed by atoms with Crippen LogP contribution in [0.25, 0.3) is 0 Å². The maximum atomic E-state index is 11.7. The van der Waals surface area contributed by atoms with Crippen molar-refractivity contribution in [2.24, 2.45) is 0 Å². The van der Waals surface area contributed by atoms with Crippen LogP contribution < -0.4 is 5.32 Å². The molecule has 0 unspecified atom stereocenters. The molecule has 0 radical (unpaired) electrons. The largest absolute Gasteiger partial charge is 0.444 e. The van der Waals surface area contributed by atoms with Crippen molar-refractivity contribution in [1.29, 1.82) is 0 Å². The lowest BCUT2D eigenvalue weighted by molar-refractivity contribution is -0.120. The number of amides is 1. The molecule has 18 heavy (non-hydrogen) atoms. The van der Waals surface area contributed by atoms with Gasteiger partial charge in [0.05, 0.1) is 19.2 Å². The first kappa shape index (κ1) is 12.6. The first-order chi connectivity index (χ1) is 8.63. The van der Waals surface area contributed by atoms with E-state index in [1.54, 1.807) is 18.3 Å². The molecule has 0 bridgehead atoms. The summed E-state index contributed by atoms with van der Waals surface area (Å²) < 4.78 is 5.26. The van der Waals surface area contributed by atoms with Gasteiger partial charge in [-0.3, -0.25) is 4.79 Å². The van der Waals surface area contributed by atoms with E-state index in [9.17, 15) is 4.79 Å². The van der Waals surface area contributed by atoms with Gasteiger partial charge in [0.2, 0.25) is 11.8 Å². The number of nitrogens with zero attached hydrogens (tertiary/aromatic N) is 1. The summed E-state index contributed by atoms with van der Waals surface area (Å²) in [5.74, 6) is 1.17. The van der Waals surface area contributed by atoms with Gasteiger partial charge in [0.25, 0.3) is 0 Å². The zero-order valence-corrected chi connectivity index (χ0v) is 10.7. The van der Waals surface area contributed by atoms with Gasteiger partial charge in [-0.1, -0.05) is 23.7 Å². The van der Waals surface area contributed by atoms with Gasteiger partial charge >= 0.3 is 0 Å². The number of aryl methyl sites for hydroxylation is 1. The lowest BCUT2D eigenvalue weighted by Crippen LogP contribution is -2.24. The third-order valence-electron chi connectivity index (χ3n) is 2.38. The Hall–Kier alpha value is -1.81. The van der Waals surface area contributed by atoms with Crippen molar-refractivity contribution < 1.29 is 9.21 Å². The molecule has 1 heterocycles. The Bertz CT molecular complexity index is 534. The minimum absolute atomic E-state index is 0.0758. The van der Waals surface area contributed by atoms with Crippen LogP contribution in [0.4, 0.5) is 0 Å². The van der Waals surface area contributed by atoms with Crippen LogP contribution in [0, 0.1) is 6.92 Å². The van der Waals surface area contributed by atoms with E-state index in [4.69, 9.17) is 16.0 Å².